The Kier molecular flexibility index (Phi) is 6.00. The van der Waals surface area contributed by atoms with Crippen molar-refractivity contribution in [2.75, 3.05) is 50.6 Å². The molecule has 27 heavy (non-hydrogen) atoms. The Bertz CT molecular complexity index is 790. The van der Waals surface area contributed by atoms with Gasteiger partial charge in [0.1, 0.15) is 5.75 Å². The fraction of sp³-hybridized carbons (Fsp3) is 0.316. The molecule has 1 aliphatic heterocycles. The Balaban J connectivity index is 1.77. The van der Waals surface area contributed by atoms with Gasteiger partial charge in [0, 0.05) is 37.4 Å². The first-order chi connectivity index (χ1) is 13.0. The van der Waals surface area contributed by atoms with Gasteiger partial charge in [-0.1, -0.05) is 12.1 Å². The third-order valence-electron chi connectivity index (χ3n) is 4.75. The summed E-state index contributed by atoms with van der Waals surface area (Å²) in [6, 6.07) is 11.8. The molecular formula is C19H24BN3O4. The third-order valence-corrected chi connectivity index (χ3v) is 4.75. The normalized spacial score (nSPS) is 14.7. The topological polar surface area (TPSA) is 85.3 Å². The second kappa shape index (κ2) is 8.43. The number of ether oxygens (including phenoxy) is 1. The van der Waals surface area contributed by atoms with Crippen molar-refractivity contribution in [1.29, 1.82) is 0 Å². The van der Waals surface area contributed by atoms with Crippen molar-refractivity contribution in [3.63, 3.8) is 0 Å². The van der Waals surface area contributed by atoms with Crippen LogP contribution in [0.15, 0.2) is 42.5 Å². The molecule has 1 heterocycles. The van der Waals surface area contributed by atoms with E-state index in [4.69, 9.17) is 14.8 Å². The standard InChI is InChI=1S/C19H24BN3O4/c1-22-9-11-23(12-10-22)17-13-14(3-8-18(17)27-2)19(24)21-16-6-4-15(5-7-16)20(25)26/h3-8,13,25-26H,9-12H2,1-2H3,(H,21,24). The Morgan fingerprint density at radius 1 is 1.07 bits per heavy atom. The lowest BCUT2D eigenvalue weighted by atomic mass is 9.80. The highest BCUT2D eigenvalue weighted by molar-refractivity contribution is 6.58. The fourth-order valence-electron chi connectivity index (χ4n) is 3.07. The third kappa shape index (κ3) is 4.60. The van der Waals surface area contributed by atoms with Gasteiger partial charge >= 0.3 is 7.12 Å². The fourth-order valence-corrected chi connectivity index (χ4v) is 3.07. The van der Waals surface area contributed by atoms with E-state index in [1.165, 1.54) is 0 Å². The van der Waals surface area contributed by atoms with E-state index < -0.39 is 7.12 Å². The van der Waals surface area contributed by atoms with Gasteiger partial charge in [0.05, 0.1) is 12.8 Å². The molecule has 0 atom stereocenters. The molecule has 2 aromatic carbocycles. The molecule has 2 aromatic rings. The highest BCUT2D eigenvalue weighted by atomic mass is 16.5. The van der Waals surface area contributed by atoms with Crippen LogP contribution < -0.4 is 20.4 Å². The zero-order valence-electron chi connectivity index (χ0n) is 15.6. The Morgan fingerprint density at radius 2 is 1.74 bits per heavy atom. The summed E-state index contributed by atoms with van der Waals surface area (Å²) in [5.41, 5.74) is 2.41. The second-order valence-corrected chi connectivity index (χ2v) is 6.63. The number of nitrogens with zero attached hydrogens (tertiary/aromatic N) is 2. The van der Waals surface area contributed by atoms with Crippen molar-refractivity contribution < 1.29 is 19.6 Å². The first-order valence-corrected chi connectivity index (χ1v) is 8.87. The molecule has 0 saturated carbocycles. The lowest BCUT2D eigenvalue weighted by molar-refractivity contribution is 0.102. The van der Waals surface area contributed by atoms with Crippen molar-refractivity contribution in [3.8, 4) is 5.75 Å². The van der Waals surface area contributed by atoms with E-state index in [1.54, 1.807) is 37.4 Å². The summed E-state index contributed by atoms with van der Waals surface area (Å²) >= 11 is 0. The van der Waals surface area contributed by atoms with Crippen LogP contribution in [-0.2, 0) is 0 Å². The molecule has 0 bridgehead atoms. The number of carbonyl (C=O) groups is 1. The largest absolute Gasteiger partial charge is 0.495 e. The van der Waals surface area contributed by atoms with Gasteiger partial charge in [-0.3, -0.25) is 4.79 Å². The molecule has 0 spiro atoms. The van der Waals surface area contributed by atoms with Gasteiger partial charge in [-0.15, -0.1) is 0 Å². The van der Waals surface area contributed by atoms with Crippen molar-refractivity contribution in [1.82, 2.24) is 4.90 Å². The maximum absolute atomic E-state index is 12.6. The summed E-state index contributed by atoms with van der Waals surface area (Å²) in [6.45, 7) is 3.68. The predicted molar refractivity (Wildman–Crippen MR) is 107 cm³/mol. The summed E-state index contributed by atoms with van der Waals surface area (Å²) in [4.78, 5) is 17.1. The number of amides is 1. The predicted octanol–water partition coefficient (Wildman–Crippen LogP) is 0.379. The van der Waals surface area contributed by atoms with Gasteiger partial charge in [-0.25, -0.2) is 0 Å². The highest BCUT2D eigenvalue weighted by Crippen LogP contribution is 2.30. The average molecular weight is 369 g/mol. The number of carbonyl (C=O) groups excluding carboxylic acids is 1. The smallest absolute Gasteiger partial charge is 0.488 e. The molecule has 0 aliphatic carbocycles. The van der Waals surface area contributed by atoms with Crippen LogP contribution in [0.2, 0.25) is 0 Å². The van der Waals surface area contributed by atoms with Crippen molar-refractivity contribution in [3.05, 3.63) is 48.0 Å². The minimum Gasteiger partial charge on any atom is -0.495 e. The average Bonchev–Trinajstić information content (AvgIpc) is 2.68. The monoisotopic (exact) mass is 369 g/mol. The number of rotatable bonds is 5. The SMILES string of the molecule is COc1ccc(C(=O)Nc2ccc(B(O)O)cc2)cc1N1CCN(C)CC1. The van der Waals surface area contributed by atoms with E-state index in [1.807, 2.05) is 12.1 Å². The number of likely N-dealkylation sites (N-methyl/N-ethyl adjacent to an activating group) is 1. The molecule has 3 rings (SSSR count). The van der Waals surface area contributed by atoms with Gasteiger partial charge < -0.3 is 29.9 Å². The Labute approximate surface area is 159 Å². The minimum atomic E-state index is -1.53. The molecule has 1 fully saturated rings. The second-order valence-electron chi connectivity index (χ2n) is 6.63. The summed E-state index contributed by atoms with van der Waals surface area (Å²) in [7, 11) is 2.20. The van der Waals surface area contributed by atoms with Crippen LogP contribution in [0.3, 0.4) is 0 Å². The van der Waals surface area contributed by atoms with Crippen LogP contribution in [0.25, 0.3) is 0 Å². The summed E-state index contributed by atoms with van der Waals surface area (Å²) in [5, 5.41) is 21.1. The quantitative estimate of drug-likeness (QED) is 0.661. The molecule has 0 radical (unpaired) electrons. The van der Waals surface area contributed by atoms with Gasteiger partial charge in [0.2, 0.25) is 0 Å². The van der Waals surface area contributed by atoms with Crippen LogP contribution in [-0.4, -0.2) is 68.3 Å². The van der Waals surface area contributed by atoms with Gasteiger partial charge in [0.15, 0.2) is 0 Å². The zero-order chi connectivity index (χ0) is 19.4. The molecule has 1 amide bonds. The molecule has 0 unspecified atom stereocenters. The molecule has 1 aliphatic rings. The number of hydrogen-bond acceptors (Lipinski definition) is 6. The van der Waals surface area contributed by atoms with E-state index in [-0.39, 0.29) is 5.91 Å². The van der Waals surface area contributed by atoms with Crippen LogP contribution >= 0.6 is 0 Å². The van der Waals surface area contributed by atoms with E-state index in [2.05, 4.69) is 22.2 Å². The van der Waals surface area contributed by atoms with E-state index in [0.717, 1.165) is 37.6 Å². The number of anilines is 2. The summed E-state index contributed by atoms with van der Waals surface area (Å²) in [6.07, 6.45) is 0. The Hall–Kier alpha value is -2.55. The maximum Gasteiger partial charge on any atom is 0.488 e. The van der Waals surface area contributed by atoms with Crippen molar-refractivity contribution >= 4 is 29.9 Å². The number of methoxy groups -OCH3 is 1. The maximum atomic E-state index is 12.6. The number of nitrogens with one attached hydrogen (secondary N) is 1. The van der Waals surface area contributed by atoms with Crippen LogP contribution in [0, 0.1) is 0 Å². The number of piperazine rings is 1. The van der Waals surface area contributed by atoms with E-state index >= 15 is 0 Å². The molecule has 0 aromatic heterocycles. The lowest BCUT2D eigenvalue weighted by Crippen LogP contribution is -2.44. The molecule has 7 nitrogen and oxygen atoms in total. The molecule has 3 N–H and O–H groups in total. The highest BCUT2D eigenvalue weighted by Gasteiger charge is 2.19. The van der Waals surface area contributed by atoms with Crippen LogP contribution in [0.4, 0.5) is 11.4 Å². The van der Waals surface area contributed by atoms with Gasteiger partial charge in [0.25, 0.3) is 5.91 Å². The molecule has 1 saturated heterocycles. The molecule has 8 heteroatoms. The lowest BCUT2D eigenvalue weighted by Gasteiger charge is -2.34. The summed E-state index contributed by atoms with van der Waals surface area (Å²) in [5.74, 6) is 0.516. The molecular weight excluding hydrogens is 345 g/mol. The minimum absolute atomic E-state index is 0.231. The first-order valence-electron chi connectivity index (χ1n) is 8.87. The van der Waals surface area contributed by atoms with Crippen molar-refractivity contribution in [2.24, 2.45) is 0 Å². The first kappa shape index (κ1) is 19.2. The van der Waals surface area contributed by atoms with Crippen molar-refractivity contribution in [2.45, 2.75) is 0 Å². The van der Waals surface area contributed by atoms with Crippen LogP contribution in [0.5, 0.6) is 5.75 Å². The number of hydrogen-bond donors (Lipinski definition) is 3. The van der Waals surface area contributed by atoms with Gasteiger partial charge in [-0.2, -0.15) is 0 Å². The molecule has 142 valence electrons. The van der Waals surface area contributed by atoms with Crippen LogP contribution in [0.1, 0.15) is 10.4 Å². The summed E-state index contributed by atoms with van der Waals surface area (Å²) < 4.78 is 5.48. The zero-order valence-corrected chi connectivity index (χ0v) is 15.6. The van der Waals surface area contributed by atoms with E-state index in [9.17, 15) is 4.79 Å². The van der Waals surface area contributed by atoms with E-state index in [0.29, 0.717) is 16.7 Å². The Morgan fingerprint density at radius 3 is 2.33 bits per heavy atom. The number of benzene rings is 2. The van der Waals surface area contributed by atoms with Gasteiger partial charge in [-0.05, 0) is 42.8 Å².